The van der Waals surface area contributed by atoms with Crippen molar-refractivity contribution >= 4 is 6.16 Å². The van der Waals surface area contributed by atoms with Crippen molar-refractivity contribution in [1.82, 2.24) is 0 Å². The molecule has 0 N–H and O–H groups in total. The van der Waals surface area contributed by atoms with E-state index in [-0.39, 0.29) is 6.79 Å². The molecule has 0 saturated carbocycles. The Kier molecular flexibility index (Phi) is 11.7. The average molecular weight is 232 g/mol. The minimum Gasteiger partial charge on any atom is -0.434 e. The quantitative estimate of drug-likeness (QED) is 0.328. The number of rotatable bonds is 10. The van der Waals surface area contributed by atoms with Gasteiger partial charge in [0.05, 0.1) is 13.2 Å². The molecular formula is C12H24O4. The zero-order valence-electron chi connectivity index (χ0n) is 10.5. The molecule has 0 bridgehead atoms. The number of carbonyl (C=O) groups excluding carboxylic acids is 1. The molecule has 0 fully saturated rings. The molecule has 0 rings (SSSR count). The van der Waals surface area contributed by atoms with E-state index in [4.69, 9.17) is 14.2 Å². The van der Waals surface area contributed by atoms with E-state index < -0.39 is 6.16 Å². The second kappa shape index (κ2) is 12.3. The van der Waals surface area contributed by atoms with Crippen LogP contribution in [0, 0.1) is 0 Å². The van der Waals surface area contributed by atoms with Gasteiger partial charge in [0, 0.05) is 0 Å². The zero-order chi connectivity index (χ0) is 12.1. The van der Waals surface area contributed by atoms with Crippen LogP contribution in [0.4, 0.5) is 4.79 Å². The van der Waals surface area contributed by atoms with Gasteiger partial charge in [0.1, 0.15) is 0 Å². The van der Waals surface area contributed by atoms with Crippen molar-refractivity contribution < 1.29 is 19.0 Å². The van der Waals surface area contributed by atoms with Crippen LogP contribution < -0.4 is 0 Å². The van der Waals surface area contributed by atoms with E-state index in [0.29, 0.717) is 13.2 Å². The summed E-state index contributed by atoms with van der Waals surface area (Å²) in [7, 11) is 0. The molecule has 0 unspecified atom stereocenters. The molecule has 0 heterocycles. The van der Waals surface area contributed by atoms with Crippen molar-refractivity contribution in [2.45, 2.75) is 52.4 Å². The van der Waals surface area contributed by atoms with E-state index in [1.54, 1.807) is 0 Å². The van der Waals surface area contributed by atoms with E-state index in [2.05, 4.69) is 13.8 Å². The van der Waals surface area contributed by atoms with Crippen LogP contribution in [0.5, 0.6) is 0 Å². The summed E-state index contributed by atoms with van der Waals surface area (Å²) in [4.78, 5) is 11.0. The first kappa shape index (κ1) is 15.2. The summed E-state index contributed by atoms with van der Waals surface area (Å²) in [5.41, 5.74) is 0. The Morgan fingerprint density at radius 2 is 1.62 bits per heavy atom. The Bertz CT molecular complexity index is 143. The van der Waals surface area contributed by atoms with Crippen molar-refractivity contribution in [3.05, 3.63) is 0 Å². The third kappa shape index (κ3) is 11.3. The van der Waals surface area contributed by atoms with Crippen molar-refractivity contribution in [1.29, 1.82) is 0 Å². The van der Waals surface area contributed by atoms with Gasteiger partial charge in [0.2, 0.25) is 0 Å². The highest BCUT2D eigenvalue weighted by molar-refractivity contribution is 5.59. The smallest absolute Gasteiger partial charge is 0.434 e. The fourth-order valence-corrected chi connectivity index (χ4v) is 1.12. The molecule has 0 atom stereocenters. The lowest BCUT2D eigenvalue weighted by Crippen LogP contribution is -2.11. The van der Waals surface area contributed by atoms with Crippen molar-refractivity contribution in [3.8, 4) is 0 Å². The Labute approximate surface area is 98.3 Å². The standard InChI is InChI=1S/C12H24O4/c1-3-5-7-8-10-15-12(13)16-11-14-9-6-4-2/h3-11H2,1-2H3. The Hall–Kier alpha value is -0.770. The maximum absolute atomic E-state index is 11.0. The normalized spacial score (nSPS) is 10.1. The molecule has 4 heteroatoms. The van der Waals surface area contributed by atoms with Crippen LogP contribution >= 0.6 is 0 Å². The molecule has 0 aromatic heterocycles. The molecule has 4 nitrogen and oxygen atoms in total. The molecule has 0 aromatic carbocycles. The Morgan fingerprint density at radius 3 is 2.31 bits per heavy atom. The van der Waals surface area contributed by atoms with Crippen molar-refractivity contribution in [2.24, 2.45) is 0 Å². The summed E-state index contributed by atoms with van der Waals surface area (Å²) in [5.74, 6) is 0. The predicted molar refractivity (Wildman–Crippen MR) is 62.3 cm³/mol. The van der Waals surface area contributed by atoms with Gasteiger partial charge in [0.25, 0.3) is 0 Å². The topological polar surface area (TPSA) is 44.8 Å². The second-order valence-electron chi connectivity index (χ2n) is 3.68. The summed E-state index contributed by atoms with van der Waals surface area (Å²) < 4.78 is 14.6. The van der Waals surface area contributed by atoms with Gasteiger partial charge in [-0.3, -0.25) is 0 Å². The fraction of sp³-hybridized carbons (Fsp3) is 0.917. The largest absolute Gasteiger partial charge is 0.510 e. The van der Waals surface area contributed by atoms with Crippen LogP contribution in [0.1, 0.15) is 52.4 Å². The fourth-order valence-electron chi connectivity index (χ4n) is 1.12. The molecule has 0 radical (unpaired) electrons. The van der Waals surface area contributed by atoms with Gasteiger partial charge in [-0.15, -0.1) is 0 Å². The Balaban J connectivity index is 3.12. The van der Waals surface area contributed by atoms with Gasteiger partial charge in [0.15, 0.2) is 6.79 Å². The molecular weight excluding hydrogens is 208 g/mol. The van der Waals surface area contributed by atoms with E-state index >= 15 is 0 Å². The second-order valence-corrected chi connectivity index (χ2v) is 3.68. The molecule has 0 saturated heterocycles. The van der Waals surface area contributed by atoms with E-state index in [9.17, 15) is 4.79 Å². The molecule has 0 spiro atoms. The van der Waals surface area contributed by atoms with Crippen molar-refractivity contribution in [3.63, 3.8) is 0 Å². The van der Waals surface area contributed by atoms with E-state index in [0.717, 1.165) is 25.7 Å². The first-order valence-electron chi connectivity index (χ1n) is 6.18. The van der Waals surface area contributed by atoms with Crippen LogP contribution in [0.3, 0.4) is 0 Å². The predicted octanol–water partition coefficient (Wildman–Crippen LogP) is 3.49. The van der Waals surface area contributed by atoms with Crippen LogP contribution in [0.25, 0.3) is 0 Å². The number of unbranched alkanes of at least 4 members (excludes halogenated alkanes) is 4. The van der Waals surface area contributed by atoms with Gasteiger partial charge in [-0.2, -0.15) is 0 Å². The Morgan fingerprint density at radius 1 is 0.875 bits per heavy atom. The molecule has 0 amide bonds. The summed E-state index contributed by atoms with van der Waals surface area (Å²) >= 11 is 0. The SMILES string of the molecule is CCCCCCOC(=O)OCOCCCC. The minimum atomic E-state index is -0.631. The highest BCUT2D eigenvalue weighted by Gasteiger charge is 2.02. The average Bonchev–Trinajstić information content (AvgIpc) is 2.28. The third-order valence-electron chi connectivity index (χ3n) is 2.12. The minimum absolute atomic E-state index is 0.00616. The molecule has 0 aliphatic rings. The van der Waals surface area contributed by atoms with Gasteiger partial charge in [-0.25, -0.2) is 4.79 Å². The molecule has 96 valence electrons. The summed E-state index contributed by atoms with van der Waals surface area (Å²) in [6, 6.07) is 0. The molecule has 16 heavy (non-hydrogen) atoms. The third-order valence-corrected chi connectivity index (χ3v) is 2.12. The highest BCUT2D eigenvalue weighted by atomic mass is 16.8. The van der Waals surface area contributed by atoms with Crippen molar-refractivity contribution in [2.75, 3.05) is 20.0 Å². The highest BCUT2D eigenvalue weighted by Crippen LogP contribution is 1.99. The zero-order valence-corrected chi connectivity index (χ0v) is 10.5. The number of hydrogen-bond acceptors (Lipinski definition) is 4. The maximum Gasteiger partial charge on any atom is 0.510 e. The lowest BCUT2D eigenvalue weighted by molar-refractivity contribution is -0.0455. The first-order valence-corrected chi connectivity index (χ1v) is 6.18. The number of hydrogen-bond donors (Lipinski definition) is 0. The lowest BCUT2D eigenvalue weighted by Gasteiger charge is -2.06. The number of carbonyl (C=O) groups is 1. The van der Waals surface area contributed by atoms with E-state index in [1.165, 1.54) is 12.8 Å². The van der Waals surface area contributed by atoms with Gasteiger partial charge < -0.3 is 14.2 Å². The van der Waals surface area contributed by atoms with Crippen LogP contribution in [-0.4, -0.2) is 26.2 Å². The molecule has 0 aromatic rings. The van der Waals surface area contributed by atoms with Crippen LogP contribution in [-0.2, 0) is 14.2 Å². The van der Waals surface area contributed by atoms with Gasteiger partial charge >= 0.3 is 6.16 Å². The first-order chi connectivity index (χ1) is 7.81. The lowest BCUT2D eigenvalue weighted by atomic mass is 10.2. The summed E-state index contributed by atoms with van der Waals surface area (Å²) in [6.07, 6.45) is 5.77. The van der Waals surface area contributed by atoms with Gasteiger partial charge in [-0.05, 0) is 12.8 Å². The number of ether oxygens (including phenoxy) is 3. The van der Waals surface area contributed by atoms with Crippen LogP contribution in [0.15, 0.2) is 0 Å². The summed E-state index contributed by atoms with van der Waals surface area (Å²) in [5, 5.41) is 0. The molecule has 0 aliphatic carbocycles. The van der Waals surface area contributed by atoms with Gasteiger partial charge in [-0.1, -0.05) is 39.5 Å². The maximum atomic E-state index is 11.0. The monoisotopic (exact) mass is 232 g/mol. The summed E-state index contributed by atoms with van der Waals surface area (Å²) in [6.45, 7) is 5.28. The molecule has 0 aliphatic heterocycles. The van der Waals surface area contributed by atoms with Crippen LogP contribution in [0.2, 0.25) is 0 Å². The van der Waals surface area contributed by atoms with E-state index in [1.807, 2.05) is 0 Å².